The smallest absolute Gasteiger partial charge is 0.262 e. The number of fused-ring (bicyclic) bond motifs is 1. The zero-order valence-electron chi connectivity index (χ0n) is 13.7. The first-order valence-electron chi connectivity index (χ1n) is 8.61. The van der Waals surface area contributed by atoms with Crippen LogP contribution in [0.15, 0.2) is 24.3 Å². The van der Waals surface area contributed by atoms with E-state index in [4.69, 9.17) is 0 Å². The van der Waals surface area contributed by atoms with E-state index in [9.17, 15) is 19.2 Å². The van der Waals surface area contributed by atoms with E-state index in [-0.39, 0.29) is 18.7 Å². The molecule has 0 bridgehead atoms. The Kier molecular flexibility index (Phi) is 3.75. The fraction of sp³-hybridized carbons (Fsp3) is 0.368. The van der Waals surface area contributed by atoms with Gasteiger partial charge in [-0.05, 0) is 55.4 Å². The average molecular weight is 338 g/mol. The van der Waals surface area contributed by atoms with Crippen LogP contribution in [-0.2, 0) is 9.59 Å². The van der Waals surface area contributed by atoms with Crippen molar-refractivity contribution in [2.45, 2.75) is 44.6 Å². The molecule has 3 aliphatic rings. The van der Waals surface area contributed by atoms with E-state index in [1.165, 1.54) is 12.0 Å². The van der Waals surface area contributed by atoms with E-state index in [2.05, 4.69) is 11.4 Å². The fourth-order valence-corrected chi connectivity index (χ4v) is 3.77. The maximum Gasteiger partial charge on any atom is 0.262 e. The van der Waals surface area contributed by atoms with Crippen LogP contribution < -0.4 is 5.32 Å². The van der Waals surface area contributed by atoms with Gasteiger partial charge in [0.15, 0.2) is 0 Å². The average Bonchev–Trinajstić information content (AvgIpc) is 2.87. The van der Waals surface area contributed by atoms with Crippen molar-refractivity contribution in [3.63, 3.8) is 0 Å². The molecule has 0 spiro atoms. The number of rotatable bonds is 2. The van der Waals surface area contributed by atoms with Crippen molar-refractivity contribution in [2.75, 3.05) is 0 Å². The Labute approximate surface area is 144 Å². The summed E-state index contributed by atoms with van der Waals surface area (Å²) in [6.45, 7) is 0. The van der Waals surface area contributed by atoms with Gasteiger partial charge in [0.1, 0.15) is 6.04 Å². The first kappa shape index (κ1) is 15.7. The number of nitrogens with one attached hydrogen (secondary N) is 1. The predicted molar refractivity (Wildman–Crippen MR) is 89.6 cm³/mol. The summed E-state index contributed by atoms with van der Waals surface area (Å²) >= 11 is 0. The molecule has 0 radical (unpaired) electrons. The highest BCUT2D eigenvalue weighted by atomic mass is 16.2. The van der Waals surface area contributed by atoms with Crippen molar-refractivity contribution in [3.05, 3.63) is 41.0 Å². The third-order valence-electron chi connectivity index (χ3n) is 5.10. The highest BCUT2D eigenvalue weighted by Crippen LogP contribution is 2.32. The molecule has 1 unspecified atom stereocenters. The number of amides is 4. The molecule has 128 valence electrons. The topological polar surface area (TPSA) is 83.6 Å². The lowest BCUT2D eigenvalue weighted by Gasteiger charge is -2.27. The van der Waals surface area contributed by atoms with Crippen LogP contribution in [0.2, 0.25) is 0 Å². The number of hydrogen-bond acceptors (Lipinski definition) is 4. The van der Waals surface area contributed by atoms with Crippen LogP contribution in [0.5, 0.6) is 0 Å². The van der Waals surface area contributed by atoms with E-state index in [1.807, 2.05) is 6.07 Å². The van der Waals surface area contributed by atoms with Gasteiger partial charge in [0, 0.05) is 6.42 Å². The Bertz CT molecular complexity index is 840. The molecule has 1 aliphatic carbocycles. The Morgan fingerprint density at radius 3 is 2.48 bits per heavy atom. The molecular formula is C19H18N2O4. The summed E-state index contributed by atoms with van der Waals surface area (Å²) in [6, 6.07) is 4.39. The Morgan fingerprint density at radius 1 is 0.960 bits per heavy atom. The molecule has 2 aliphatic heterocycles. The predicted octanol–water partition coefficient (Wildman–Crippen LogP) is 2.05. The maximum absolute atomic E-state index is 12.8. The van der Waals surface area contributed by atoms with Crippen LogP contribution in [0.3, 0.4) is 0 Å². The third kappa shape index (κ3) is 2.58. The molecule has 1 atom stereocenters. The molecule has 0 saturated carbocycles. The summed E-state index contributed by atoms with van der Waals surface area (Å²) in [4.78, 5) is 49.8. The summed E-state index contributed by atoms with van der Waals surface area (Å²) in [5.74, 6) is -1.86. The highest BCUT2D eigenvalue weighted by Gasteiger charge is 2.44. The van der Waals surface area contributed by atoms with Crippen LogP contribution in [0.25, 0.3) is 5.57 Å². The van der Waals surface area contributed by atoms with Crippen LogP contribution in [0.1, 0.15) is 64.8 Å². The van der Waals surface area contributed by atoms with Gasteiger partial charge in [0.05, 0.1) is 11.1 Å². The number of piperidine rings is 1. The Balaban J connectivity index is 1.66. The van der Waals surface area contributed by atoms with Crippen molar-refractivity contribution in [3.8, 4) is 0 Å². The Hall–Kier alpha value is -2.76. The number of hydrogen-bond donors (Lipinski definition) is 1. The number of carbonyl (C=O) groups excluding carboxylic acids is 4. The molecule has 1 N–H and O–H groups in total. The second-order valence-corrected chi connectivity index (χ2v) is 6.68. The van der Waals surface area contributed by atoms with Crippen molar-refractivity contribution in [1.82, 2.24) is 10.2 Å². The molecule has 6 heteroatoms. The first-order chi connectivity index (χ1) is 12.1. The molecule has 1 fully saturated rings. The van der Waals surface area contributed by atoms with Crippen LogP contribution in [-0.4, -0.2) is 34.6 Å². The maximum atomic E-state index is 12.8. The number of nitrogens with zero attached hydrogens (tertiary/aromatic N) is 1. The van der Waals surface area contributed by atoms with Gasteiger partial charge in [-0.15, -0.1) is 0 Å². The molecule has 6 nitrogen and oxygen atoms in total. The van der Waals surface area contributed by atoms with Crippen LogP contribution in [0, 0.1) is 0 Å². The normalized spacial score (nSPS) is 23.4. The first-order valence-corrected chi connectivity index (χ1v) is 8.61. The summed E-state index contributed by atoms with van der Waals surface area (Å²) in [6.07, 6.45) is 6.79. The molecule has 4 amide bonds. The minimum absolute atomic E-state index is 0.127. The van der Waals surface area contributed by atoms with E-state index in [1.54, 1.807) is 12.1 Å². The van der Waals surface area contributed by atoms with Gasteiger partial charge >= 0.3 is 0 Å². The van der Waals surface area contributed by atoms with Gasteiger partial charge in [0.2, 0.25) is 11.8 Å². The van der Waals surface area contributed by atoms with Crippen LogP contribution in [0.4, 0.5) is 0 Å². The molecule has 4 rings (SSSR count). The van der Waals surface area contributed by atoms with Gasteiger partial charge in [-0.2, -0.15) is 0 Å². The summed E-state index contributed by atoms with van der Waals surface area (Å²) < 4.78 is 0. The molecule has 25 heavy (non-hydrogen) atoms. The van der Waals surface area contributed by atoms with Crippen molar-refractivity contribution in [2.24, 2.45) is 0 Å². The van der Waals surface area contributed by atoms with Gasteiger partial charge in [0.25, 0.3) is 11.8 Å². The van der Waals surface area contributed by atoms with E-state index in [0.29, 0.717) is 11.1 Å². The Morgan fingerprint density at radius 2 is 1.76 bits per heavy atom. The zero-order chi connectivity index (χ0) is 17.6. The SMILES string of the molecule is O=C1CCC(N2C(=O)c3ccc(C4=CCCCC4)cc3C2=O)C(=O)N1. The lowest BCUT2D eigenvalue weighted by Crippen LogP contribution is -2.54. The fourth-order valence-electron chi connectivity index (χ4n) is 3.77. The van der Waals surface area contributed by atoms with Gasteiger partial charge in [-0.3, -0.25) is 29.4 Å². The zero-order valence-corrected chi connectivity index (χ0v) is 13.7. The largest absolute Gasteiger partial charge is 0.295 e. The van der Waals surface area contributed by atoms with Crippen molar-refractivity contribution >= 4 is 29.2 Å². The molecule has 1 aromatic rings. The molecule has 2 heterocycles. The molecular weight excluding hydrogens is 320 g/mol. The van der Waals surface area contributed by atoms with Crippen molar-refractivity contribution in [1.29, 1.82) is 0 Å². The van der Waals surface area contributed by atoms with E-state index >= 15 is 0 Å². The van der Waals surface area contributed by atoms with Gasteiger partial charge < -0.3 is 0 Å². The number of allylic oxidation sites excluding steroid dienone is 2. The minimum Gasteiger partial charge on any atom is -0.295 e. The molecule has 1 saturated heterocycles. The third-order valence-corrected chi connectivity index (χ3v) is 5.10. The second-order valence-electron chi connectivity index (χ2n) is 6.68. The number of carbonyl (C=O) groups is 4. The van der Waals surface area contributed by atoms with Gasteiger partial charge in [-0.25, -0.2) is 0 Å². The lowest BCUT2D eigenvalue weighted by molar-refractivity contribution is -0.136. The molecule has 0 aromatic heterocycles. The minimum atomic E-state index is -0.914. The summed E-state index contributed by atoms with van der Waals surface area (Å²) in [5, 5.41) is 2.20. The van der Waals surface area contributed by atoms with Crippen molar-refractivity contribution < 1.29 is 19.2 Å². The lowest BCUT2D eigenvalue weighted by atomic mass is 9.92. The summed E-state index contributed by atoms with van der Waals surface area (Å²) in [7, 11) is 0. The van der Waals surface area contributed by atoms with Crippen LogP contribution >= 0.6 is 0 Å². The quantitative estimate of drug-likeness (QED) is 0.837. The second kappa shape index (κ2) is 5.95. The molecule has 1 aromatic carbocycles. The highest BCUT2D eigenvalue weighted by molar-refractivity contribution is 6.23. The van der Waals surface area contributed by atoms with Gasteiger partial charge in [-0.1, -0.05) is 12.1 Å². The van der Waals surface area contributed by atoms with E-state index < -0.39 is 23.8 Å². The standard InChI is InChI=1S/C19H18N2O4/c22-16-9-8-15(17(23)20-16)21-18(24)13-7-6-12(10-14(13)19(21)25)11-4-2-1-3-5-11/h4,6-7,10,15H,1-3,5,8-9H2,(H,20,22,23). The number of imide groups is 2. The number of benzene rings is 1. The summed E-state index contributed by atoms with van der Waals surface area (Å²) in [5.41, 5.74) is 2.84. The monoisotopic (exact) mass is 338 g/mol. The van der Waals surface area contributed by atoms with E-state index in [0.717, 1.165) is 29.7 Å².